The lowest BCUT2D eigenvalue weighted by atomic mass is 9.98. The van der Waals surface area contributed by atoms with Crippen LogP contribution in [0.25, 0.3) is 22.1 Å². The van der Waals surface area contributed by atoms with Crippen LogP contribution in [0.2, 0.25) is 0 Å². The van der Waals surface area contributed by atoms with Crippen molar-refractivity contribution in [2.24, 2.45) is 0 Å². The van der Waals surface area contributed by atoms with Crippen molar-refractivity contribution in [3.05, 3.63) is 52.9 Å². The number of rotatable bonds is 10. The average molecular weight is 685 g/mol. The van der Waals surface area contributed by atoms with E-state index in [1.807, 2.05) is 0 Å². The van der Waals surface area contributed by atoms with E-state index >= 15 is 0 Å². The van der Waals surface area contributed by atoms with Crippen molar-refractivity contribution in [1.29, 1.82) is 0 Å². The van der Waals surface area contributed by atoms with Gasteiger partial charge in [0.1, 0.15) is 47.2 Å². The third-order valence-electron chi connectivity index (χ3n) is 6.70. The smallest absolute Gasteiger partial charge is 0.308 e. The maximum Gasteiger partial charge on any atom is 0.308 e. The lowest BCUT2D eigenvalue weighted by molar-refractivity contribution is -0.288. The fraction of sp³-hybridized carbons (Fsp3) is 0.364. The summed E-state index contributed by atoms with van der Waals surface area (Å²) in [6, 6.07) is 8.48. The molecule has 1 saturated heterocycles. The highest BCUT2D eigenvalue weighted by molar-refractivity contribution is 5.90. The molecule has 16 heteroatoms. The quantitative estimate of drug-likeness (QED) is 0.171. The van der Waals surface area contributed by atoms with Crippen LogP contribution in [-0.4, -0.2) is 73.1 Å². The summed E-state index contributed by atoms with van der Waals surface area (Å²) in [5, 5.41) is -0.134. The van der Waals surface area contributed by atoms with Crippen molar-refractivity contribution in [3.63, 3.8) is 0 Å². The second-order valence-corrected chi connectivity index (χ2v) is 10.7. The standard InChI is InChI=1S/C33H32O16/c1-15(34)41-14-27-30(45-18(4)37)31(46-19(5)38)32(47-20(6)39)33(49-27)48-23-11-25-28(26(12-23)44-17(3)36)29(40)24(13-42-25)21-7-9-22(10-8-21)43-16(2)35/h7-13,27,30-33H,14H2,1-6H3/t27-,30-,31+,32-,33-/m1/s1. The van der Waals surface area contributed by atoms with Gasteiger partial charge in [-0.15, -0.1) is 0 Å². The molecule has 1 aliphatic rings. The van der Waals surface area contributed by atoms with E-state index in [0.29, 0.717) is 5.56 Å². The Morgan fingerprint density at radius 2 is 1.27 bits per heavy atom. The van der Waals surface area contributed by atoms with Crippen molar-refractivity contribution in [2.45, 2.75) is 72.2 Å². The van der Waals surface area contributed by atoms with Gasteiger partial charge in [0.2, 0.25) is 17.8 Å². The van der Waals surface area contributed by atoms with E-state index in [1.165, 1.54) is 49.6 Å². The van der Waals surface area contributed by atoms with E-state index in [2.05, 4.69) is 0 Å². The van der Waals surface area contributed by atoms with E-state index < -0.39 is 78.6 Å². The van der Waals surface area contributed by atoms with E-state index in [0.717, 1.165) is 34.6 Å². The first-order valence-electron chi connectivity index (χ1n) is 14.7. The van der Waals surface area contributed by atoms with Gasteiger partial charge in [-0.3, -0.25) is 33.6 Å². The molecule has 4 rings (SSSR count). The molecule has 0 spiro atoms. The summed E-state index contributed by atoms with van der Waals surface area (Å²) in [4.78, 5) is 85.1. The van der Waals surface area contributed by atoms with Gasteiger partial charge in [-0.2, -0.15) is 0 Å². The number of carbonyl (C=O) groups excluding carboxylic acids is 6. The minimum atomic E-state index is -1.62. The number of hydrogen-bond acceptors (Lipinski definition) is 16. The van der Waals surface area contributed by atoms with Crippen molar-refractivity contribution in [2.75, 3.05) is 6.61 Å². The molecule has 2 heterocycles. The molecule has 3 aromatic rings. The zero-order valence-electron chi connectivity index (χ0n) is 27.2. The van der Waals surface area contributed by atoms with Gasteiger partial charge in [-0.1, -0.05) is 12.1 Å². The van der Waals surface area contributed by atoms with E-state index in [4.69, 9.17) is 42.3 Å². The molecular formula is C33H32O16. The predicted molar refractivity (Wildman–Crippen MR) is 163 cm³/mol. The summed E-state index contributed by atoms with van der Waals surface area (Å²) in [5.41, 5.74) is -0.192. The highest BCUT2D eigenvalue weighted by Crippen LogP contribution is 2.35. The van der Waals surface area contributed by atoms with Gasteiger partial charge in [0.15, 0.2) is 12.2 Å². The molecule has 1 fully saturated rings. The van der Waals surface area contributed by atoms with Crippen LogP contribution in [0.1, 0.15) is 41.5 Å². The number of esters is 6. The molecule has 0 aliphatic carbocycles. The summed E-state index contributed by atoms with van der Waals surface area (Å²) >= 11 is 0. The molecule has 0 bridgehead atoms. The zero-order valence-corrected chi connectivity index (χ0v) is 27.2. The lowest BCUT2D eigenvalue weighted by Crippen LogP contribution is -2.63. The topological polar surface area (TPSA) is 206 Å². The Morgan fingerprint density at radius 3 is 1.84 bits per heavy atom. The Labute approximate surface area is 278 Å². The van der Waals surface area contributed by atoms with Gasteiger partial charge in [0.05, 0.1) is 5.56 Å². The van der Waals surface area contributed by atoms with Crippen LogP contribution in [-0.2, 0) is 52.5 Å². The lowest BCUT2D eigenvalue weighted by Gasteiger charge is -2.43. The summed E-state index contributed by atoms with van der Waals surface area (Å²) in [5.74, 6) is -4.66. The number of carbonyl (C=O) groups is 6. The molecule has 0 saturated carbocycles. The van der Waals surface area contributed by atoms with Crippen LogP contribution in [0.15, 0.2) is 51.9 Å². The largest absolute Gasteiger partial charge is 0.463 e. The van der Waals surface area contributed by atoms with Gasteiger partial charge in [-0.05, 0) is 17.7 Å². The second kappa shape index (κ2) is 15.4. The van der Waals surface area contributed by atoms with Gasteiger partial charge >= 0.3 is 35.8 Å². The molecule has 0 unspecified atom stereocenters. The summed E-state index contributed by atoms with van der Waals surface area (Å²) in [7, 11) is 0. The fourth-order valence-electron chi connectivity index (χ4n) is 4.98. The first-order chi connectivity index (χ1) is 23.1. The van der Waals surface area contributed by atoms with Crippen LogP contribution in [0.3, 0.4) is 0 Å². The summed E-state index contributed by atoms with van der Waals surface area (Å²) in [6.45, 7) is 6.22. The monoisotopic (exact) mass is 684 g/mol. The third-order valence-corrected chi connectivity index (χ3v) is 6.70. The maximum atomic E-state index is 13.7. The predicted octanol–water partition coefficient (Wildman–Crippen LogP) is 2.77. The first kappa shape index (κ1) is 36.1. The molecule has 5 atom stereocenters. The number of fused-ring (bicyclic) bond motifs is 1. The molecule has 1 aliphatic heterocycles. The Kier molecular flexibility index (Phi) is 11.4. The van der Waals surface area contributed by atoms with Crippen molar-refractivity contribution < 1.29 is 71.1 Å². The van der Waals surface area contributed by atoms with Gasteiger partial charge in [0.25, 0.3) is 0 Å². The highest BCUT2D eigenvalue weighted by atomic mass is 16.7. The molecule has 2 aromatic carbocycles. The number of ether oxygens (including phenoxy) is 8. The van der Waals surface area contributed by atoms with E-state index in [1.54, 1.807) is 0 Å². The summed E-state index contributed by atoms with van der Waals surface area (Å²) in [6.07, 6.45) is -6.23. The van der Waals surface area contributed by atoms with Crippen LogP contribution >= 0.6 is 0 Å². The van der Waals surface area contributed by atoms with E-state index in [-0.39, 0.29) is 33.8 Å². The van der Waals surface area contributed by atoms with Gasteiger partial charge < -0.3 is 42.3 Å². The fourth-order valence-corrected chi connectivity index (χ4v) is 4.98. The molecule has 0 N–H and O–H groups in total. The van der Waals surface area contributed by atoms with E-state index in [9.17, 15) is 33.6 Å². The zero-order chi connectivity index (χ0) is 36.0. The maximum absolute atomic E-state index is 13.7. The molecule has 49 heavy (non-hydrogen) atoms. The van der Waals surface area contributed by atoms with Gasteiger partial charge in [0, 0.05) is 53.7 Å². The van der Waals surface area contributed by atoms with Gasteiger partial charge in [-0.25, -0.2) is 0 Å². The van der Waals surface area contributed by atoms with Crippen LogP contribution in [0, 0.1) is 0 Å². The Morgan fingerprint density at radius 1 is 0.673 bits per heavy atom. The second-order valence-electron chi connectivity index (χ2n) is 10.7. The molecular weight excluding hydrogens is 652 g/mol. The molecule has 0 radical (unpaired) electrons. The number of hydrogen-bond donors (Lipinski definition) is 0. The number of benzene rings is 2. The Hall–Kier alpha value is -5.77. The molecule has 16 nitrogen and oxygen atoms in total. The molecule has 1 aromatic heterocycles. The SMILES string of the molecule is CC(=O)OC[C@H]1O[C@@H](Oc2cc(OC(C)=O)c3c(=O)c(-c4ccc(OC(C)=O)cc4)coc3c2)[C@H](OC(C)=O)[C@@H](OC(C)=O)[C@@H]1OC(C)=O. The first-order valence-corrected chi connectivity index (χ1v) is 14.7. The Bertz CT molecular complexity index is 1820. The van der Waals surface area contributed by atoms with Crippen LogP contribution in [0.5, 0.6) is 17.2 Å². The van der Waals surface area contributed by atoms with Crippen molar-refractivity contribution >= 4 is 46.8 Å². The minimum absolute atomic E-state index is 0.0866. The summed E-state index contributed by atoms with van der Waals surface area (Å²) < 4.78 is 49.4. The minimum Gasteiger partial charge on any atom is -0.463 e. The normalized spacial score (nSPS) is 20.0. The molecule has 0 amide bonds. The molecule has 260 valence electrons. The van der Waals surface area contributed by atoms with Crippen molar-refractivity contribution in [1.82, 2.24) is 0 Å². The van der Waals surface area contributed by atoms with Crippen LogP contribution < -0.4 is 19.6 Å². The highest BCUT2D eigenvalue weighted by Gasteiger charge is 2.53. The van der Waals surface area contributed by atoms with Crippen LogP contribution in [0.4, 0.5) is 0 Å². The third kappa shape index (κ3) is 9.19. The Balaban J connectivity index is 1.79. The average Bonchev–Trinajstić information content (AvgIpc) is 2.98. The van der Waals surface area contributed by atoms with Crippen molar-refractivity contribution in [3.8, 4) is 28.4 Å².